The summed E-state index contributed by atoms with van der Waals surface area (Å²) in [5.41, 5.74) is 0.0104. The molecule has 1 atom stereocenters. The number of piperazine rings is 1. The number of hydrogen-bond donors (Lipinski definition) is 1. The summed E-state index contributed by atoms with van der Waals surface area (Å²) in [7, 11) is 1.37. The first-order valence-corrected chi connectivity index (χ1v) is 6.28. The lowest BCUT2D eigenvalue weighted by atomic mass is 10.0. The van der Waals surface area contributed by atoms with Gasteiger partial charge >= 0.3 is 0 Å². The van der Waals surface area contributed by atoms with Crippen LogP contribution in [0.25, 0.3) is 0 Å². The van der Waals surface area contributed by atoms with Crippen LogP contribution in [-0.2, 0) is 0 Å². The molecule has 1 aromatic carbocycles. The van der Waals surface area contributed by atoms with Crippen LogP contribution >= 0.6 is 12.4 Å². The molecule has 3 nitrogen and oxygen atoms in total. The SMILES string of the molecule is C=C[C@H](c1c(F)ccc(OC)c1F)N1CCNCC1.Cl. The molecule has 1 aliphatic heterocycles. The Balaban J connectivity index is 0.00000200. The molecule has 6 heteroatoms. The van der Waals surface area contributed by atoms with Gasteiger partial charge in [0.25, 0.3) is 0 Å². The van der Waals surface area contributed by atoms with Crippen molar-refractivity contribution >= 4 is 12.4 Å². The maximum atomic E-state index is 14.3. The Morgan fingerprint density at radius 3 is 2.55 bits per heavy atom. The average molecular weight is 305 g/mol. The van der Waals surface area contributed by atoms with E-state index < -0.39 is 17.7 Å². The fourth-order valence-electron chi connectivity index (χ4n) is 2.39. The molecule has 2 rings (SSSR count). The number of hydrogen-bond acceptors (Lipinski definition) is 3. The molecule has 1 fully saturated rings. The van der Waals surface area contributed by atoms with Gasteiger partial charge in [0.15, 0.2) is 11.6 Å². The van der Waals surface area contributed by atoms with Crippen LogP contribution in [0.3, 0.4) is 0 Å². The second-order valence-electron chi connectivity index (χ2n) is 4.44. The molecule has 0 aliphatic carbocycles. The van der Waals surface area contributed by atoms with E-state index in [0.717, 1.165) is 26.2 Å². The molecule has 0 unspecified atom stereocenters. The molecule has 0 radical (unpaired) electrons. The smallest absolute Gasteiger partial charge is 0.173 e. The Hall–Kier alpha value is -1.17. The zero-order chi connectivity index (χ0) is 13.8. The minimum absolute atomic E-state index is 0. The van der Waals surface area contributed by atoms with Crippen molar-refractivity contribution < 1.29 is 13.5 Å². The van der Waals surface area contributed by atoms with E-state index in [-0.39, 0.29) is 23.7 Å². The maximum absolute atomic E-state index is 14.3. The normalized spacial score (nSPS) is 17.1. The van der Waals surface area contributed by atoms with Crippen molar-refractivity contribution in [2.75, 3.05) is 33.3 Å². The van der Waals surface area contributed by atoms with Crippen molar-refractivity contribution in [2.24, 2.45) is 0 Å². The third-order valence-electron chi connectivity index (χ3n) is 3.38. The summed E-state index contributed by atoms with van der Waals surface area (Å²) in [4.78, 5) is 2.00. The number of halogens is 3. The standard InChI is InChI=1S/C14H18F2N2O.ClH/c1-3-11(18-8-6-17-7-9-18)13-10(15)4-5-12(19-2)14(13)16;/h3-5,11,17H,1,6-9H2,2H3;1H/t11-;/m1./s1. The highest BCUT2D eigenvalue weighted by Gasteiger charge is 2.26. The van der Waals surface area contributed by atoms with E-state index in [4.69, 9.17) is 4.74 Å². The molecule has 112 valence electrons. The summed E-state index contributed by atoms with van der Waals surface area (Å²) in [6, 6.07) is 2.05. The summed E-state index contributed by atoms with van der Waals surface area (Å²) in [6.07, 6.45) is 1.58. The van der Waals surface area contributed by atoms with E-state index in [1.807, 2.05) is 4.90 Å². The van der Waals surface area contributed by atoms with E-state index in [9.17, 15) is 8.78 Å². The molecule has 0 spiro atoms. The van der Waals surface area contributed by atoms with Crippen LogP contribution in [0.1, 0.15) is 11.6 Å². The Morgan fingerprint density at radius 1 is 1.35 bits per heavy atom. The van der Waals surface area contributed by atoms with Crippen molar-refractivity contribution in [3.8, 4) is 5.75 Å². The average Bonchev–Trinajstić information content (AvgIpc) is 2.44. The second-order valence-corrected chi connectivity index (χ2v) is 4.44. The molecular formula is C14H19ClF2N2O. The summed E-state index contributed by atoms with van der Waals surface area (Å²) >= 11 is 0. The van der Waals surface area contributed by atoms with E-state index in [1.165, 1.54) is 19.2 Å². The number of methoxy groups -OCH3 is 1. The van der Waals surface area contributed by atoms with E-state index in [0.29, 0.717) is 0 Å². The molecule has 1 saturated heterocycles. The van der Waals surface area contributed by atoms with Crippen LogP contribution in [0, 0.1) is 11.6 Å². The lowest BCUT2D eigenvalue weighted by molar-refractivity contribution is 0.196. The molecule has 1 heterocycles. The first kappa shape index (κ1) is 16.9. The number of nitrogens with one attached hydrogen (secondary N) is 1. The van der Waals surface area contributed by atoms with Gasteiger partial charge in [-0.2, -0.15) is 0 Å². The topological polar surface area (TPSA) is 24.5 Å². The van der Waals surface area contributed by atoms with Gasteiger partial charge in [-0.15, -0.1) is 19.0 Å². The lowest BCUT2D eigenvalue weighted by Gasteiger charge is -2.33. The molecule has 0 bridgehead atoms. The fraction of sp³-hybridized carbons (Fsp3) is 0.429. The monoisotopic (exact) mass is 304 g/mol. The summed E-state index contributed by atoms with van der Waals surface area (Å²) < 4.78 is 33.2. The minimum atomic E-state index is -0.647. The molecule has 0 amide bonds. The number of nitrogens with zero attached hydrogens (tertiary/aromatic N) is 1. The second kappa shape index (κ2) is 7.57. The number of ether oxygens (including phenoxy) is 1. The summed E-state index contributed by atoms with van der Waals surface area (Å²) in [5, 5.41) is 3.21. The molecule has 1 aromatic rings. The van der Waals surface area contributed by atoms with Gasteiger partial charge in [0.05, 0.1) is 13.2 Å². The highest BCUT2D eigenvalue weighted by Crippen LogP contribution is 2.32. The van der Waals surface area contributed by atoms with Crippen LogP contribution in [0.2, 0.25) is 0 Å². The zero-order valence-electron chi connectivity index (χ0n) is 11.4. The van der Waals surface area contributed by atoms with E-state index in [1.54, 1.807) is 6.08 Å². The highest BCUT2D eigenvalue weighted by atomic mass is 35.5. The molecule has 0 saturated carbocycles. The number of benzene rings is 1. The van der Waals surface area contributed by atoms with Gasteiger partial charge in [-0.05, 0) is 12.1 Å². The minimum Gasteiger partial charge on any atom is -0.494 e. The quantitative estimate of drug-likeness (QED) is 0.865. The first-order chi connectivity index (χ1) is 9.19. The van der Waals surface area contributed by atoms with Gasteiger partial charge in [0.2, 0.25) is 0 Å². The van der Waals surface area contributed by atoms with E-state index >= 15 is 0 Å². The molecule has 1 aliphatic rings. The van der Waals surface area contributed by atoms with Crippen molar-refractivity contribution in [1.82, 2.24) is 10.2 Å². The first-order valence-electron chi connectivity index (χ1n) is 6.28. The van der Waals surface area contributed by atoms with Crippen LogP contribution in [0.5, 0.6) is 5.75 Å². The molecular weight excluding hydrogens is 286 g/mol. The van der Waals surface area contributed by atoms with Gasteiger partial charge in [0, 0.05) is 31.7 Å². The Bertz CT molecular complexity index is 465. The van der Waals surface area contributed by atoms with Gasteiger partial charge < -0.3 is 10.1 Å². The largest absolute Gasteiger partial charge is 0.494 e. The zero-order valence-corrected chi connectivity index (χ0v) is 12.2. The Kier molecular flexibility index (Phi) is 6.39. The number of rotatable bonds is 4. The fourth-order valence-corrected chi connectivity index (χ4v) is 2.39. The van der Waals surface area contributed by atoms with Crippen LogP contribution in [-0.4, -0.2) is 38.2 Å². The van der Waals surface area contributed by atoms with Gasteiger partial charge in [-0.3, -0.25) is 4.90 Å². The van der Waals surface area contributed by atoms with Crippen LogP contribution < -0.4 is 10.1 Å². The predicted octanol–water partition coefficient (Wildman–Crippen LogP) is 2.53. The molecule has 20 heavy (non-hydrogen) atoms. The van der Waals surface area contributed by atoms with Gasteiger partial charge in [-0.25, -0.2) is 8.78 Å². The van der Waals surface area contributed by atoms with Gasteiger partial charge in [0.1, 0.15) is 5.82 Å². The van der Waals surface area contributed by atoms with Crippen LogP contribution in [0.4, 0.5) is 8.78 Å². The van der Waals surface area contributed by atoms with Crippen molar-refractivity contribution in [3.63, 3.8) is 0 Å². The Labute approximate surface area is 124 Å². The highest BCUT2D eigenvalue weighted by molar-refractivity contribution is 5.85. The summed E-state index contributed by atoms with van der Waals surface area (Å²) in [5.74, 6) is -1.16. The predicted molar refractivity (Wildman–Crippen MR) is 77.5 cm³/mol. The third kappa shape index (κ3) is 3.29. The summed E-state index contributed by atoms with van der Waals surface area (Å²) in [6.45, 7) is 6.78. The van der Waals surface area contributed by atoms with Crippen LogP contribution in [0.15, 0.2) is 24.8 Å². The van der Waals surface area contributed by atoms with E-state index in [2.05, 4.69) is 11.9 Å². The molecule has 0 aromatic heterocycles. The molecule has 1 N–H and O–H groups in total. The third-order valence-corrected chi connectivity index (χ3v) is 3.38. The van der Waals surface area contributed by atoms with Gasteiger partial charge in [-0.1, -0.05) is 6.08 Å². The maximum Gasteiger partial charge on any atom is 0.173 e. The Morgan fingerprint density at radius 2 is 2.00 bits per heavy atom. The van der Waals surface area contributed by atoms with Crippen molar-refractivity contribution in [3.05, 3.63) is 42.0 Å². The van der Waals surface area contributed by atoms with Crippen molar-refractivity contribution in [1.29, 1.82) is 0 Å². The van der Waals surface area contributed by atoms with Crippen molar-refractivity contribution in [2.45, 2.75) is 6.04 Å². The lowest BCUT2D eigenvalue weighted by Crippen LogP contribution is -2.45.